The van der Waals surface area contributed by atoms with Gasteiger partial charge in [-0.2, -0.15) is 0 Å². The Labute approximate surface area is 138 Å². The first kappa shape index (κ1) is 17.3. The first-order valence-electron chi connectivity index (χ1n) is 8.32. The van der Waals surface area contributed by atoms with Crippen LogP contribution < -0.4 is 10.6 Å². The second-order valence-electron chi connectivity index (χ2n) is 6.14. The molecule has 0 aromatic carbocycles. The van der Waals surface area contributed by atoms with Crippen LogP contribution in [0.4, 0.5) is 0 Å². The molecule has 0 saturated heterocycles. The maximum Gasteiger partial charge on any atom is 0.190 e. The van der Waals surface area contributed by atoms with Gasteiger partial charge in [0.25, 0.3) is 0 Å². The van der Waals surface area contributed by atoms with Gasteiger partial charge in [-0.05, 0) is 49.0 Å². The summed E-state index contributed by atoms with van der Waals surface area (Å²) >= 11 is 1.83. The van der Waals surface area contributed by atoms with Crippen molar-refractivity contribution < 1.29 is 4.74 Å². The highest BCUT2D eigenvalue weighted by Gasteiger charge is 2.20. The molecule has 1 heterocycles. The molecule has 0 amide bonds. The quantitative estimate of drug-likeness (QED) is 0.395. The van der Waals surface area contributed by atoms with E-state index in [2.05, 4.69) is 40.1 Å². The third-order valence-electron chi connectivity index (χ3n) is 3.78. The number of hydrogen-bond donors (Lipinski definition) is 2. The number of hydrogen-bond acceptors (Lipinski definition) is 3. The lowest BCUT2D eigenvalue weighted by atomic mass is 10.1. The molecule has 1 atom stereocenters. The summed E-state index contributed by atoms with van der Waals surface area (Å²) in [7, 11) is 1.82. The van der Waals surface area contributed by atoms with Gasteiger partial charge in [0.2, 0.25) is 0 Å². The molecule has 1 saturated carbocycles. The van der Waals surface area contributed by atoms with Gasteiger partial charge in [0.05, 0.1) is 0 Å². The predicted octanol–water partition coefficient (Wildman–Crippen LogP) is 2.91. The van der Waals surface area contributed by atoms with E-state index in [0.717, 1.165) is 51.0 Å². The van der Waals surface area contributed by atoms with Crippen molar-refractivity contribution in [1.82, 2.24) is 10.6 Å². The molecule has 0 radical (unpaired) electrons. The van der Waals surface area contributed by atoms with Gasteiger partial charge in [-0.3, -0.25) is 4.99 Å². The topological polar surface area (TPSA) is 45.7 Å². The molecule has 0 spiro atoms. The standard InChI is InChI=1S/C17H29N3OS/c1-14(11-16-5-3-10-22-16)12-20-17(18-2)19-8-4-9-21-13-15-6-7-15/h3,5,10,14-15H,4,6-9,11-13H2,1-2H3,(H2,18,19,20). The molecule has 0 aliphatic heterocycles. The molecule has 0 bridgehead atoms. The van der Waals surface area contributed by atoms with Crippen LogP contribution in [-0.4, -0.2) is 39.3 Å². The summed E-state index contributed by atoms with van der Waals surface area (Å²) in [5, 5.41) is 8.89. The molecule has 124 valence electrons. The Balaban J connectivity index is 1.50. The summed E-state index contributed by atoms with van der Waals surface area (Å²) in [5.74, 6) is 2.34. The SMILES string of the molecule is CN=C(NCCCOCC1CC1)NCC(C)Cc1cccs1. The summed E-state index contributed by atoms with van der Waals surface area (Å²) < 4.78 is 5.63. The molecule has 1 aliphatic carbocycles. The Morgan fingerprint density at radius 2 is 2.32 bits per heavy atom. The fourth-order valence-electron chi connectivity index (χ4n) is 2.25. The molecule has 1 aliphatic rings. The second kappa shape index (κ2) is 9.85. The Kier molecular flexibility index (Phi) is 7.74. The fourth-order valence-corrected chi connectivity index (χ4v) is 3.12. The van der Waals surface area contributed by atoms with E-state index >= 15 is 0 Å². The van der Waals surface area contributed by atoms with Crippen molar-refractivity contribution in [3.05, 3.63) is 22.4 Å². The smallest absolute Gasteiger partial charge is 0.190 e. The zero-order chi connectivity index (χ0) is 15.6. The summed E-state index contributed by atoms with van der Waals surface area (Å²) in [6, 6.07) is 4.32. The van der Waals surface area contributed by atoms with E-state index in [0.29, 0.717) is 5.92 Å². The number of nitrogens with zero attached hydrogens (tertiary/aromatic N) is 1. The Bertz CT molecular complexity index is 429. The molecular weight excluding hydrogens is 294 g/mol. The summed E-state index contributed by atoms with van der Waals surface area (Å²) in [6.07, 6.45) is 4.87. The third kappa shape index (κ3) is 7.27. The first-order valence-corrected chi connectivity index (χ1v) is 9.20. The van der Waals surface area contributed by atoms with Crippen molar-refractivity contribution in [2.75, 3.05) is 33.4 Å². The molecular formula is C17H29N3OS. The Morgan fingerprint density at radius 3 is 3.00 bits per heavy atom. The number of aliphatic imine (C=N–C) groups is 1. The van der Waals surface area contributed by atoms with Crippen molar-refractivity contribution in [2.45, 2.75) is 32.6 Å². The van der Waals surface area contributed by atoms with Gasteiger partial charge in [0, 0.05) is 38.2 Å². The Morgan fingerprint density at radius 1 is 1.45 bits per heavy atom. The first-order chi connectivity index (χ1) is 10.8. The Hall–Kier alpha value is -1.07. The van der Waals surface area contributed by atoms with Gasteiger partial charge in [0.15, 0.2) is 5.96 Å². The van der Waals surface area contributed by atoms with Crippen LogP contribution in [0.1, 0.15) is 31.1 Å². The van der Waals surface area contributed by atoms with Crippen LogP contribution in [0.15, 0.2) is 22.5 Å². The van der Waals surface area contributed by atoms with Gasteiger partial charge in [-0.1, -0.05) is 13.0 Å². The maximum atomic E-state index is 5.63. The molecule has 1 fully saturated rings. The van der Waals surface area contributed by atoms with Crippen LogP contribution in [0.25, 0.3) is 0 Å². The van der Waals surface area contributed by atoms with Crippen molar-refractivity contribution in [2.24, 2.45) is 16.8 Å². The molecule has 5 heteroatoms. The van der Waals surface area contributed by atoms with E-state index in [4.69, 9.17) is 4.74 Å². The molecule has 1 aromatic rings. The van der Waals surface area contributed by atoms with Crippen LogP contribution in [0.3, 0.4) is 0 Å². The van der Waals surface area contributed by atoms with Crippen LogP contribution >= 0.6 is 11.3 Å². The number of thiophene rings is 1. The largest absolute Gasteiger partial charge is 0.381 e. The van der Waals surface area contributed by atoms with Crippen LogP contribution in [0.2, 0.25) is 0 Å². The minimum Gasteiger partial charge on any atom is -0.381 e. The van der Waals surface area contributed by atoms with Crippen molar-refractivity contribution in [1.29, 1.82) is 0 Å². The number of ether oxygens (including phenoxy) is 1. The van der Waals surface area contributed by atoms with Gasteiger partial charge in [-0.25, -0.2) is 0 Å². The average Bonchev–Trinajstić information content (AvgIpc) is 3.21. The highest BCUT2D eigenvalue weighted by atomic mass is 32.1. The van der Waals surface area contributed by atoms with E-state index in [9.17, 15) is 0 Å². The maximum absolute atomic E-state index is 5.63. The van der Waals surface area contributed by atoms with E-state index in [1.54, 1.807) is 0 Å². The minimum absolute atomic E-state index is 0.596. The average molecular weight is 324 g/mol. The van der Waals surface area contributed by atoms with E-state index in [-0.39, 0.29) is 0 Å². The zero-order valence-electron chi connectivity index (χ0n) is 13.8. The van der Waals surface area contributed by atoms with E-state index < -0.39 is 0 Å². The lowest BCUT2D eigenvalue weighted by Crippen LogP contribution is -2.40. The minimum atomic E-state index is 0.596. The summed E-state index contributed by atoms with van der Waals surface area (Å²) in [5.41, 5.74) is 0. The zero-order valence-corrected chi connectivity index (χ0v) is 14.6. The monoisotopic (exact) mass is 323 g/mol. The normalized spacial score (nSPS) is 16.5. The van der Waals surface area contributed by atoms with Crippen molar-refractivity contribution >= 4 is 17.3 Å². The van der Waals surface area contributed by atoms with E-state index in [1.165, 1.54) is 17.7 Å². The fraction of sp³-hybridized carbons (Fsp3) is 0.706. The van der Waals surface area contributed by atoms with Crippen molar-refractivity contribution in [3.63, 3.8) is 0 Å². The molecule has 4 nitrogen and oxygen atoms in total. The van der Waals surface area contributed by atoms with Crippen LogP contribution in [0.5, 0.6) is 0 Å². The predicted molar refractivity (Wildman–Crippen MR) is 94.7 cm³/mol. The van der Waals surface area contributed by atoms with Gasteiger partial charge in [-0.15, -0.1) is 11.3 Å². The van der Waals surface area contributed by atoms with E-state index in [1.807, 2.05) is 18.4 Å². The van der Waals surface area contributed by atoms with Crippen LogP contribution in [0, 0.1) is 11.8 Å². The van der Waals surface area contributed by atoms with Crippen molar-refractivity contribution in [3.8, 4) is 0 Å². The van der Waals surface area contributed by atoms with Gasteiger partial charge < -0.3 is 15.4 Å². The van der Waals surface area contributed by atoms with Gasteiger partial charge >= 0.3 is 0 Å². The highest BCUT2D eigenvalue weighted by molar-refractivity contribution is 7.09. The third-order valence-corrected chi connectivity index (χ3v) is 4.68. The molecule has 2 N–H and O–H groups in total. The number of rotatable bonds is 10. The number of nitrogens with one attached hydrogen (secondary N) is 2. The summed E-state index contributed by atoms with van der Waals surface area (Å²) in [6.45, 7) is 5.91. The van der Waals surface area contributed by atoms with Crippen LogP contribution in [-0.2, 0) is 11.2 Å². The molecule has 1 aromatic heterocycles. The molecule has 22 heavy (non-hydrogen) atoms. The second-order valence-corrected chi connectivity index (χ2v) is 7.17. The molecule has 1 unspecified atom stereocenters. The molecule has 2 rings (SSSR count). The summed E-state index contributed by atoms with van der Waals surface area (Å²) in [4.78, 5) is 5.72. The highest BCUT2D eigenvalue weighted by Crippen LogP contribution is 2.28. The van der Waals surface area contributed by atoms with Gasteiger partial charge in [0.1, 0.15) is 0 Å². The number of guanidine groups is 1. The lowest BCUT2D eigenvalue weighted by Gasteiger charge is -2.15. The lowest BCUT2D eigenvalue weighted by molar-refractivity contribution is 0.123.